The molecule has 0 radical (unpaired) electrons. The van der Waals surface area contributed by atoms with E-state index >= 15 is 0 Å². The molecule has 0 amide bonds. The van der Waals surface area contributed by atoms with Crippen molar-refractivity contribution in [1.29, 1.82) is 0 Å². The third-order valence-corrected chi connectivity index (χ3v) is 1.35. The molecule has 0 saturated heterocycles. The number of aromatic nitrogens is 1. The predicted octanol–water partition coefficient (Wildman–Crippen LogP) is 3.36. The van der Waals surface area contributed by atoms with Gasteiger partial charge in [0.15, 0.2) is 6.61 Å². The molecule has 0 aliphatic rings. The van der Waals surface area contributed by atoms with Gasteiger partial charge in [0.05, 0.1) is 5.69 Å². The Bertz CT molecular complexity index is 286. The minimum absolute atomic E-state index is 0.167. The first-order valence-corrected chi connectivity index (χ1v) is 4.60. The number of ether oxygens (including phenoxy) is 1. The van der Waals surface area contributed by atoms with Crippen molar-refractivity contribution < 1.29 is 17.9 Å². The molecule has 0 aromatic carbocycles. The second-order valence-corrected chi connectivity index (χ2v) is 2.49. The van der Waals surface area contributed by atoms with Crippen LogP contribution < -0.4 is 4.74 Å². The molecule has 0 aliphatic carbocycles. The van der Waals surface area contributed by atoms with E-state index in [2.05, 4.69) is 9.72 Å². The van der Waals surface area contributed by atoms with Crippen LogP contribution in [0.5, 0.6) is 5.75 Å². The Morgan fingerprint density at radius 2 is 1.93 bits per heavy atom. The summed E-state index contributed by atoms with van der Waals surface area (Å²) in [5.41, 5.74) is 0.451. The SMILES string of the molecule is CC.Cc1ncccc1OCC(F)(F)F. The standard InChI is InChI=1S/C8H8F3NO.C2H6/c1-6-7(3-2-4-12-6)13-5-8(9,10)11;1-2/h2-4H,5H2,1H3;1-2H3. The maximum atomic E-state index is 11.7. The summed E-state index contributed by atoms with van der Waals surface area (Å²) < 4.78 is 39.7. The highest BCUT2D eigenvalue weighted by Crippen LogP contribution is 2.19. The molecule has 0 saturated carbocycles. The van der Waals surface area contributed by atoms with E-state index in [-0.39, 0.29) is 5.75 Å². The summed E-state index contributed by atoms with van der Waals surface area (Å²) in [7, 11) is 0. The molecular formula is C10H14F3NO. The molecular weight excluding hydrogens is 207 g/mol. The number of pyridine rings is 1. The summed E-state index contributed by atoms with van der Waals surface area (Å²) in [6.07, 6.45) is -2.81. The molecule has 86 valence electrons. The van der Waals surface area contributed by atoms with Gasteiger partial charge in [-0.25, -0.2) is 0 Å². The van der Waals surface area contributed by atoms with Gasteiger partial charge in [0.25, 0.3) is 0 Å². The molecule has 5 heteroatoms. The molecule has 0 spiro atoms. The van der Waals surface area contributed by atoms with Crippen molar-refractivity contribution in [2.45, 2.75) is 26.9 Å². The molecule has 0 unspecified atom stereocenters. The summed E-state index contributed by atoms with van der Waals surface area (Å²) in [5.74, 6) is 0.167. The number of hydrogen-bond donors (Lipinski definition) is 0. The normalized spacial score (nSPS) is 10.3. The Morgan fingerprint density at radius 1 is 1.33 bits per heavy atom. The minimum Gasteiger partial charge on any atom is -0.482 e. The van der Waals surface area contributed by atoms with Gasteiger partial charge < -0.3 is 4.74 Å². The van der Waals surface area contributed by atoms with Crippen LogP contribution in [-0.2, 0) is 0 Å². The Labute approximate surface area is 87.1 Å². The van der Waals surface area contributed by atoms with Crippen LogP contribution in [0.3, 0.4) is 0 Å². The van der Waals surface area contributed by atoms with Gasteiger partial charge in [0.1, 0.15) is 5.75 Å². The van der Waals surface area contributed by atoms with Crippen LogP contribution >= 0.6 is 0 Å². The maximum absolute atomic E-state index is 11.7. The van der Waals surface area contributed by atoms with Crippen LogP contribution in [0.25, 0.3) is 0 Å². The average Bonchev–Trinajstić information content (AvgIpc) is 2.18. The van der Waals surface area contributed by atoms with Crippen molar-refractivity contribution in [2.75, 3.05) is 6.61 Å². The average molecular weight is 221 g/mol. The number of nitrogens with zero attached hydrogens (tertiary/aromatic N) is 1. The van der Waals surface area contributed by atoms with Crippen molar-refractivity contribution in [3.63, 3.8) is 0 Å². The highest BCUT2D eigenvalue weighted by molar-refractivity contribution is 5.25. The van der Waals surface area contributed by atoms with Gasteiger partial charge in [-0.3, -0.25) is 4.98 Å². The molecule has 1 rings (SSSR count). The second kappa shape index (κ2) is 6.27. The van der Waals surface area contributed by atoms with Gasteiger partial charge in [-0.15, -0.1) is 0 Å². The van der Waals surface area contributed by atoms with E-state index < -0.39 is 12.8 Å². The summed E-state index contributed by atoms with van der Waals surface area (Å²) in [4.78, 5) is 3.79. The van der Waals surface area contributed by atoms with Crippen molar-refractivity contribution in [2.24, 2.45) is 0 Å². The first-order valence-electron chi connectivity index (χ1n) is 4.60. The fourth-order valence-corrected chi connectivity index (χ4v) is 0.782. The van der Waals surface area contributed by atoms with Gasteiger partial charge in [0, 0.05) is 6.20 Å². The second-order valence-electron chi connectivity index (χ2n) is 2.49. The Hall–Kier alpha value is -1.26. The molecule has 1 aromatic rings. The molecule has 0 fully saturated rings. The monoisotopic (exact) mass is 221 g/mol. The number of rotatable bonds is 2. The lowest BCUT2D eigenvalue weighted by molar-refractivity contribution is -0.153. The first-order chi connectivity index (χ1) is 6.99. The summed E-state index contributed by atoms with van der Waals surface area (Å²) in [6, 6.07) is 2.98. The summed E-state index contributed by atoms with van der Waals surface area (Å²) >= 11 is 0. The fourth-order valence-electron chi connectivity index (χ4n) is 0.782. The van der Waals surface area contributed by atoms with Gasteiger partial charge >= 0.3 is 6.18 Å². The number of hydrogen-bond acceptors (Lipinski definition) is 2. The van der Waals surface area contributed by atoms with E-state index in [1.165, 1.54) is 18.3 Å². The van der Waals surface area contributed by atoms with Gasteiger partial charge in [-0.2, -0.15) is 13.2 Å². The zero-order valence-electron chi connectivity index (χ0n) is 8.93. The Kier molecular flexibility index (Phi) is 5.74. The quantitative estimate of drug-likeness (QED) is 0.764. The zero-order chi connectivity index (χ0) is 11.9. The smallest absolute Gasteiger partial charge is 0.422 e. The van der Waals surface area contributed by atoms with E-state index in [1.54, 1.807) is 6.92 Å². The summed E-state index contributed by atoms with van der Waals surface area (Å²) in [5, 5.41) is 0. The van der Waals surface area contributed by atoms with Gasteiger partial charge in [-0.05, 0) is 19.1 Å². The maximum Gasteiger partial charge on any atom is 0.422 e. The van der Waals surface area contributed by atoms with Crippen LogP contribution in [-0.4, -0.2) is 17.8 Å². The lowest BCUT2D eigenvalue weighted by Crippen LogP contribution is -2.19. The Balaban J connectivity index is 0.000000921. The molecule has 1 heterocycles. The minimum atomic E-state index is -4.30. The van der Waals surface area contributed by atoms with Crippen molar-refractivity contribution in [1.82, 2.24) is 4.98 Å². The molecule has 2 nitrogen and oxygen atoms in total. The molecule has 0 aliphatic heterocycles. The fraction of sp³-hybridized carbons (Fsp3) is 0.500. The molecule has 1 aromatic heterocycles. The topological polar surface area (TPSA) is 22.1 Å². The van der Waals surface area contributed by atoms with Crippen molar-refractivity contribution >= 4 is 0 Å². The van der Waals surface area contributed by atoms with Crippen LogP contribution in [0, 0.1) is 6.92 Å². The number of alkyl halides is 3. The number of halogens is 3. The van der Waals surface area contributed by atoms with E-state index in [4.69, 9.17) is 0 Å². The van der Waals surface area contributed by atoms with E-state index in [0.29, 0.717) is 5.69 Å². The van der Waals surface area contributed by atoms with Crippen LogP contribution in [0.2, 0.25) is 0 Å². The third-order valence-electron chi connectivity index (χ3n) is 1.35. The zero-order valence-corrected chi connectivity index (χ0v) is 8.93. The molecule has 0 bridgehead atoms. The predicted molar refractivity (Wildman–Crippen MR) is 51.9 cm³/mol. The Morgan fingerprint density at radius 3 is 2.40 bits per heavy atom. The van der Waals surface area contributed by atoms with Crippen molar-refractivity contribution in [3.8, 4) is 5.75 Å². The van der Waals surface area contributed by atoms with Gasteiger partial charge in [0.2, 0.25) is 0 Å². The van der Waals surface area contributed by atoms with E-state index in [9.17, 15) is 13.2 Å². The lowest BCUT2D eigenvalue weighted by Gasteiger charge is -2.09. The lowest BCUT2D eigenvalue weighted by atomic mass is 10.3. The molecule has 0 N–H and O–H groups in total. The highest BCUT2D eigenvalue weighted by atomic mass is 19.4. The van der Waals surface area contributed by atoms with Crippen LogP contribution in [0.1, 0.15) is 19.5 Å². The highest BCUT2D eigenvalue weighted by Gasteiger charge is 2.28. The largest absolute Gasteiger partial charge is 0.482 e. The van der Waals surface area contributed by atoms with Crippen molar-refractivity contribution in [3.05, 3.63) is 24.0 Å². The number of aryl methyl sites for hydroxylation is 1. The van der Waals surface area contributed by atoms with Crippen LogP contribution in [0.15, 0.2) is 18.3 Å². The molecule has 15 heavy (non-hydrogen) atoms. The third kappa shape index (κ3) is 5.93. The van der Waals surface area contributed by atoms with E-state index in [1.807, 2.05) is 13.8 Å². The van der Waals surface area contributed by atoms with E-state index in [0.717, 1.165) is 0 Å². The molecule has 0 atom stereocenters. The first kappa shape index (κ1) is 13.7. The van der Waals surface area contributed by atoms with Gasteiger partial charge in [-0.1, -0.05) is 13.8 Å². The van der Waals surface area contributed by atoms with Crippen LogP contribution in [0.4, 0.5) is 13.2 Å². The summed E-state index contributed by atoms with van der Waals surface area (Å²) in [6.45, 7) is 4.31.